The Morgan fingerprint density at radius 2 is 2.00 bits per heavy atom. The van der Waals surface area contributed by atoms with E-state index < -0.39 is 6.04 Å². The fourth-order valence-electron chi connectivity index (χ4n) is 4.92. The minimum atomic E-state index is -0.407. The van der Waals surface area contributed by atoms with E-state index in [1.807, 2.05) is 35.0 Å². The highest BCUT2D eigenvalue weighted by atomic mass is 16.5. The van der Waals surface area contributed by atoms with Crippen LogP contribution in [-0.2, 0) is 24.2 Å². The number of aromatic amines is 1. The van der Waals surface area contributed by atoms with Gasteiger partial charge < -0.3 is 9.72 Å². The lowest BCUT2D eigenvalue weighted by atomic mass is 10.0. The zero-order chi connectivity index (χ0) is 24.2. The second kappa shape index (κ2) is 10.5. The summed E-state index contributed by atoms with van der Waals surface area (Å²) in [4.78, 5) is 18.8. The summed E-state index contributed by atoms with van der Waals surface area (Å²) in [6.45, 7) is 6.97. The van der Waals surface area contributed by atoms with Gasteiger partial charge in [0.25, 0.3) is 5.56 Å². The summed E-state index contributed by atoms with van der Waals surface area (Å²) in [7, 11) is 0. The van der Waals surface area contributed by atoms with E-state index in [-0.39, 0.29) is 11.7 Å². The van der Waals surface area contributed by atoms with E-state index in [1.165, 1.54) is 11.1 Å². The normalized spacial score (nSPS) is 16.8. The standard InChI is InChI=1S/C27H32N6O2/c1-3-19-12-13-24-21(15-19)16-23(27(34)28-24)25(32(4-2)17-20-9-6-5-7-10-20)26-29-30-31-33(26)18-22-11-8-14-35-22/h5-7,9-10,12-13,15-16,22,25H,3-4,8,11,14,17-18H2,1-2H3,(H,28,34). The second-order valence-electron chi connectivity index (χ2n) is 9.13. The predicted molar refractivity (Wildman–Crippen MR) is 135 cm³/mol. The van der Waals surface area contributed by atoms with Crippen molar-refractivity contribution in [2.24, 2.45) is 0 Å². The van der Waals surface area contributed by atoms with E-state index in [9.17, 15) is 4.79 Å². The van der Waals surface area contributed by atoms with Gasteiger partial charge in [0.2, 0.25) is 0 Å². The molecule has 0 radical (unpaired) electrons. The average Bonchev–Trinajstić information content (AvgIpc) is 3.57. The highest BCUT2D eigenvalue weighted by molar-refractivity contribution is 5.80. The molecule has 1 aliphatic rings. The summed E-state index contributed by atoms with van der Waals surface area (Å²) < 4.78 is 7.68. The maximum Gasteiger partial charge on any atom is 0.253 e. The van der Waals surface area contributed by atoms with Gasteiger partial charge >= 0.3 is 0 Å². The minimum absolute atomic E-state index is 0.0871. The number of nitrogens with one attached hydrogen (secondary N) is 1. The largest absolute Gasteiger partial charge is 0.376 e. The number of fused-ring (bicyclic) bond motifs is 1. The third kappa shape index (κ3) is 5.04. The van der Waals surface area contributed by atoms with Gasteiger partial charge in [0.05, 0.1) is 12.6 Å². The van der Waals surface area contributed by atoms with Crippen LogP contribution >= 0.6 is 0 Å². The molecule has 1 aliphatic heterocycles. The van der Waals surface area contributed by atoms with Crippen molar-refractivity contribution in [2.75, 3.05) is 13.2 Å². The third-order valence-corrected chi connectivity index (χ3v) is 6.84. The molecule has 3 heterocycles. The maximum atomic E-state index is 13.5. The molecule has 8 nitrogen and oxygen atoms in total. The Morgan fingerprint density at radius 3 is 2.74 bits per heavy atom. The number of rotatable bonds is 9. The van der Waals surface area contributed by atoms with Gasteiger partial charge in [-0.1, -0.05) is 50.2 Å². The van der Waals surface area contributed by atoms with Crippen LogP contribution in [0.25, 0.3) is 10.9 Å². The van der Waals surface area contributed by atoms with Crippen molar-refractivity contribution in [1.82, 2.24) is 30.1 Å². The fourth-order valence-corrected chi connectivity index (χ4v) is 4.92. The smallest absolute Gasteiger partial charge is 0.253 e. The number of hydrogen-bond acceptors (Lipinski definition) is 6. The molecule has 182 valence electrons. The van der Waals surface area contributed by atoms with Crippen LogP contribution in [0, 0.1) is 0 Å². The van der Waals surface area contributed by atoms with Gasteiger partial charge in [-0.05, 0) is 70.9 Å². The van der Waals surface area contributed by atoms with Crippen LogP contribution < -0.4 is 5.56 Å². The van der Waals surface area contributed by atoms with Crippen LogP contribution in [0.5, 0.6) is 0 Å². The summed E-state index contributed by atoms with van der Waals surface area (Å²) in [5.74, 6) is 0.662. The zero-order valence-electron chi connectivity index (χ0n) is 20.4. The van der Waals surface area contributed by atoms with Gasteiger partial charge in [0.15, 0.2) is 5.82 Å². The predicted octanol–water partition coefficient (Wildman–Crippen LogP) is 3.87. The maximum absolute atomic E-state index is 13.5. The van der Waals surface area contributed by atoms with Crippen LogP contribution in [0.15, 0.2) is 59.4 Å². The highest BCUT2D eigenvalue weighted by Gasteiger charge is 2.31. The third-order valence-electron chi connectivity index (χ3n) is 6.84. The van der Waals surface area contributed by atoms with Crippen molar-refractivity contribution in [3.8, 4) is 0 Å². The molecule has 0 amide bonds. The Hall–Kier alpha value is -3.36. The lowest BCUT2D eigenvalue weighted by Gasteiger charge is -2.30. The van der Waals surface area contributed by atoms with Gasteiger partial charge in [0, 0.05) is 24.2 Å². The number of benzene rings is 2. The molecule has 2 unspecified atom stereocenters. The van der Waals surface area contributed by atoms with Crippen LogP contribution in [0.2, 0.25) is 0 Å². The average molecular weight is 473 g/mol. The number of aryl methyl sites for hydroxylation is 1. The van der Waals surface area contributed by atoms with Gasteiger partial charge in [0.1, 0.15) is 6.04 Å². The van der Waals surface area contributed by atoms with Crippen molar-refractivity contribution in [1.29, 1.82) is 0 Å². The monoisotopic (exact) mass is 472 g/mol. The number of pyridine rings is 1. The molecule has 0 spiro atoms. The Morgan fingerprint density at radius 1 is 1.14 bits per heavy atom. The SMILES string of the molecule is CCc1ccc2[nH]c(=O)c(C(c3nnnn3CC3CCCO3)N(CC)Cc3ccccc3)cc2c1. The molecule has 4 aromatic rings. The molecule has 0 saturated carbocycles. The molecule has 2 atom stereocenters. The zero-order valence-corrected chi connectivity index (χ0v) is 20.4. The summed E-state index contributed by atoms with van der Waals surface area (Å²) in [6, 6.07) is 18.1. The van der Waals surface area contributed by atoms with E-state index in [0.29, 0.717) is 24.5 Å². The van der Waals surface area contributed by atoms with Crippen LogP contribution in [0.3, 0.4) is 0 Å². The van der Waals surface area contributed by atoms with Crippen molar-refractivity contribution in [3.05, 3.63) is 87.5 Å². The quantitative estimate of drug-likeness (QED) is 0.398. The molecule has 0 aliphatic carbocycles. The van der Waals surface area contributed by atoms with Crippen molar-refractivity contribution < 1.29 is 4.74 Å². The molecule has 0 bridgehead atoms. The van der Waals surface area contributed by atoms with Gasteiger partial charge in [-0.25, -0.2) is 4.68 Å². The van der Waals surface area contributed by atoms with Crippen molar-refractivity contribution in [3.63, 3.8) is 0 Å². The van der Waals surface area contributed by atoms with Gasteiger partial charge in [-0.2, -0.15) is 0 Å². The molecule has 5 rings (SSSR count). The van der Waals surface area contributed by atoms with E-state index >= 15 is 0 Å². The van der Waals surface area contributed by atoms with Crippen LogP contribution in [0.4, 0.5) is 0 Å². The molecule has 2 aromatic carbocycles. The highest BCUT2D eigenvalue weighted by Crippen LogP contribution is 2.29. The second-order valence-corrected chi connectivity index (χ2v) is 9.13. The lowest BCUT2D eigenvalue weighted by Crippen LogP contribution is -2.35. The van der Waals surface area contributed by atoms with Crippen LogP contribution in [-0.4, -0.2) is 49.3 Å². The lowest BCUT2D eigenvalue weighted by molar-refractivity contribution is 0.0907. The van der Waals surface area contributed by atoms with E-state index in [2.05, 4.69) is 63.5 Å². The van der Waals surface area contributed by atoms with Gasteiger partial charge in [-0.15, -0.1) is 5.10 Å². The Labute approximate surface area is 204 Å². The first-order valence-electron chi connectivity index (χ1n) is 12.5. The first kappa shape index (κ1) is 23.4. The number of tetrazole rings is 1. The number of H-pyrrole nitrogens is 1. The minimum Gasteiger partial charge on any atom is -0.376 e. The van der Waals surface area contributed by atoms with E-state index in [4.69, 9.17) is 4.74 Å². The summed E-state index contributed by atoms with van der Waals surface area (Å²) in [5.41, 5.74) is 3.76. The first-order valence-corrected chi connectivity index (χ1v) is 12.5. The Bertz CT molecular complexity index is 1330. The molecular formula is C27H32N6O2. The number of nitrogens with zero attached hydrogens (tertiary/aromatic N) is 5. The van der Waals surface area contributed by atoms with Gasteiger partial charge in [-0.3, -0.25) is 9.69 Å². The number of hydrogen-bond donors (Lipinski definition) is 1. The van der Waals surface area contributed by atoms with Crippen molar-refractivity contribution in [2.45, 2.75) is 58.3 Å². The topological polar surface area (TPSA) is 88.9 Å². The molecule has 2 aromatic heterocycles. The molecule has 1 saturated heterocycles. The summed E-state index contributed by atoms with van der Waals surface area (Å²) in [5, 5.41) is 13.8. The van der Waals surface area contributed by atoms with E-state index in [0.717, 1.165) is 43.3 Å². The Kier molecular flexibility index (Phi) is 7.01. The number of aromatic nitrogens is 5. The summed E-state index contributed by atoms with van der Waals surface area (Å²) in [6.07, 6.45) is 3.05. The molecular weight excluding hydrogens is 440 g/mol. The fraction of sp³-hybridized carbons (Fsp3) is 0.407. The van der Waals surface area contributed by atoms with Crippen LogP contribution in [0.1, 0.15) is 55.2 Å². The number of ether oxygens (including phenoxy) is 1. The molecule has 35 heavy (non-hydrogen) atoms. The Balaban J connectivity index is 1.62. The van der Waals surface area contributed by atoms with Crippen molar-refractivity contribution >= 4 is 10.9 Å². The van der Waals surface area contributed by atoms with E-state index in [1.54, 1.807) is 0 Å². The molecule has 8 heteroatoms. The molecule has 1 fully saturated rings. The molecule has 1 N–H and O–H groups in total. The first-order chi connectivity index (χ1) is 17.2. The summed E-state index contributed by atoms with van der Waals surface area (Å²) >= 11 is 0.